The van der Waals surface area contributed by atoms with Gasteiger partial charge in [-0.1, -0.05) is 49.6 Å². The molecule has 3 fully saturated rings. The molecular formula is C31H48N4O4S2. The number of amides is 3. The van der Waals surface area contributed by atoms with Crippen molar-refractivity contribution in [1.29, 1.82) is 0 Å². The van der Waals surface area contributed by atoms with Gasteiger partial charge in [-0.25, -0.2) is 4.79 Å². The predicted octanol–water partition coefficient (Wildman–Crippen LogP) is 5.43. The van der Waals surface area contributed by atoms with Crippen LogP contribution in [0.4, 0.5) is 4.79 Å². The Morgan fingerprint density at radius 3 is 2.34 bits per heavy atom. The lowest BCUT2D eigenvalue weighted by atomic mass is 9.79. The van der Waals surface area contributed by atoms with E-state index in [1.807, 2.05) is 20.8 Å². The molecule has 4 rings (SSSR count). The van der Waals surface area contributed by atoms with E-state index in [0.29, 0.717) is 28.7 Å². The lowest BCUT2D eigenvalue weighted by Crippen LogP contribution is -2.53. The summed E-state index contributed by atoms with van der Waals surface area (Å²) in [6.45, 7) is 10.3. The molecule has 41 heavy (non-hydrogen) atoms. The van der Waals surface area contributed by atoms with Gasteiger partial charge < -0.3 is 10.1 Å². The van der Waals surface area contributed by atoms with Crippen LogP contribution in [0.2, 0.25) is 0 Å². The number of carbonyl (C=O) groups is 3. The molecule has 8 nitrogen and oxygen atoms in total. The molecule has 2 aliphatic heterocycles. The number of nitrogens with one attached hydrogen (secondary N) is 2. The van der Waals surface area contributed by atoms with Crippen LogP contribution in [0, 0.1) is 11.8 Å². The van der Waals surface area contributed by atoms with Gasteiger partial charge in [-0.3, -0.25) is 24.1 Å². The van der Waals surface area contributed by atoms with Crippen molar-refractivity contribution in [2.24, 2.45) is 11.8 Å². The Balaban J connectivity index is 1.29. The van der Waals surface area contributed by atoms with Crippen LogP contribution in [0.3, 0.4) is 0 Å². The smallest absolute Gasteiger partial charge is 0.411 e. The van der Waals surface area contributed by atoms with Crippen molar-refractivity contribution in [2.75, 3.05) is 24.7 Å². The average Bonchev–Trinajstić information content (AvgIpc) is 3.45. The van der Waals surface area contributed by atoms with Crippen molar-refractivity contribution in [3.8, 4) is 0 Å². The van der Waals surface area contributed by atoms with Crippen LogP contribution in [-0.4, -0.2) is 75.4 Å². The SMILES string of the molecule is C[C@@H](NC(=O)[C@@H]1CSCN1C(=O)OC(C)(C)C)C(=O)NSC(C1CCCCC1)C1CCN(Cc2ccccc2)CC1. The third kappa shape index (κ3) is 9.55. The number of piperidine rings is 1. The molecule has 228 valence electrons. The molecule has 3 atom stereocenters. The summed E-state index contributed by atoms with van der Waals surface area (Å²) < 4.78 is 8.61. The number of ether oxygens (including phenoxy) is 1. The van der Waals surface area contributed by atoms with E-state index in [0.717, 1.165) is 32.5 Å². The lowest BCUT2D eigenvalue weighted by molar-refractivity contribution is -0.130. The first-order valence-corrected chi connectivity index (χ1v) is 17.2. The number of hydrogen-bond donors (Lipinski definition) is 2. The summed E-state index contributed by atoms with van der Waals surface area (Å²) in [6.07, 6.45) is 8.07. The Bertz CT molecular complexity index is 1010. The first-order valence-electron chi connectivity index (χ1n) is 15.2. The molecule has 2 heterocycles. The summed E-state index contributed by atoms with van der Waals surface area (Å²) >= 11 is 3.10. The van der Waals surface area contributed by atoms with Crippen LogP contribution in [0.5, 0.6) is 0 Å². The minimum atomic E-state index is -0.694. The topological polar surface area (TPSA) is 91.0 Å². The van der Waals surface area contributed by atoms with Gasteiger partial charge in [-0.05, 0) is 95.8 Å². The fourth-order valence-corrected chi connectivity index (χ4v) is 8.57. The van der Waals surface area contributed by atoms with Gasteiger partial charge in [0.1, 0.15) is 17.7 Å². The fraction of sp³-hybridized carbons (Fsp3) is 0.710. The van der Waals surface area contributed by atoms with Crippen molar-refractivity contribution in [2.45, 2.75) is 102 Å². The third-order valence-electron chi connectivity index (χ3n) is 8.32. The Kier molecular flexibility index (Phi) is 11.7. The van der Waals surface area contributed by atoms with E-state index < -0.39 is 23.8 Å². The van der Waals surface area contributed by atoms with Crippen LogP contribution in [-0.2, 0) is 20.9 Å². The highest BCUT2D eigenvalue weighted by molar-refractivity contribution is 7.99. The van der Waals surface area contributed by atoms with Crippen LogP contribution in [0.1, 0.15) is 78.2 Å². The molecule has 3 amide bonds. The molecule has 1 aliphatic carbocycles. The molecule has 1 unspecified atom stereocenters. The molecule has 0 bridgehead atoms. The average molecular weight is 605 g/mol. The number of rotatable bonds is 9. The highest BCUT2D eigenvalue weighted by Gasteiger charge is 2.38. The van der Waals surface area contributed by atoms with E-state index in [4.69, 9.17) is 4.74 Å². The van der Waals surface area contributed by atoms with Gasteiger partial charge in [0, 0.05) is 17.5 Å². The Hall–Kier alpha value is -1.91. The first kappa shape index (κ1) is 32.0. The quantitative estimate of drug-likeness (QED) is 0.364. The number of hydrogen-bond acceptors (Lipinski definition) is 7. The van der Waals surface area contributed by atoms with Crippen molar-refractivity contribution < 1.29 is 19.1 Å². The normalized spacial score (nSPS) is 22.6. The molecule has 0 aromatic heterocycles. The summed E-state index contributed by atoms with van der Waals surface area (Å²) in [5, 5.41) is 3.23. The molecule has 2 N–H and O–H groups in total. The molecule has 0 radical (unpaired) electrons. The number of likely N-dealkylation sites (tertiary alicyclic amines) is 1. The standard InChI is InChI=1S/C31H48N4O4S2/c1-22(32-29(37)26-20-40-21-35(26)30(38)39-31(2,3)4)28(36)33-41-27(24-13-9-6-10-14-24)25-15-17-34(18-16-25)19-23-11-7-5-8-12-23/h5,7-8,11-12,22,24-27H,6,9-10,13-21H2,1-4H3,(H,32,37)(H,33,36)/t22-,26+,27?/m1/s1. The van der Waals surface area contributed by atoms with Crippen LogP contribution >= 0.6 is 23.7 Å². The second kappa shape index (κ2) is 15.0. The Morgan fingerprint density at radius 1 is 1.02 bits per heavy atom. The minimum absolute atomic E-state index is 0.194. The summed E-state index contributed by atoms with van der Waals surface area (Å²) in [6, 6.07) is 9.33. The largest absolute Gasteiger partial charge is 0.444 e. The van der Waals surface area contributed by atoms with Gasteiger partial charge in [0.25, 0.3) is 5.91 Å². The fourth-order valence-electron chi connectivity index (χ4n) is 6.07. The van der Waals surface area contributed by atoms with Gasteiger partial charge in [-0.15, -0.1) is 11.8 Å². The molecule has 1 saturated carbocycles. The highest BCUT2D eigenvalue weighted by atomic mass is 32.2. The van der Waals surface area contributed by atoms with E-state index in [1.165, 1.54) is 54.3 Å². The van der Waals surface area contributed by atoms with Crippen molar-refractivity contribution in [1.82, 2.24) is 19.8 Å². The van der Waals surface area contributed by atoms with Crippen molar-refractivity contribution in [3.63, 3.8) is 0 Å². The molecule has 1 aromatic carbocycles. The highest BCUT2D eigenvalue weighted by Crippen LogP contribution is 2.39. The van der Waals surface area contributed by atoms with Gasteiger partial charge in [-0.2, -0.15) is 0 Å². The van der Waals surface area contributed by atoms with Crippen LogP contribution < -0.4 is 10.0 Å². The zero-order valence-corrected chi connectivity index (χ0v) is 26.7. The van der Waals surface area contributed by atoms with Gasteiger partial charge >= 0.3 is 6.09 Å². The summed E-state index contributed by atoms with van der Waals surface area (Å²) in [5.41, 5.74) is 0.723. The third-order valence-corrected chi connectivity index (χ3v) is 10.7. The second-order valence-corrected chi connectivity index (χ2v) is 14.7. The maximum atomic E-state index is 13.2. The van der Waals surface area contributed by atoms with Gasteiger partial charge in [0.05, 0.1) is 5.88 Å². The van der Waals surface area contributed by atoms with Crippen molar-refractivity contribution >= 4 is 41.6 Å². The van der Waals surface area contributed by atoms with E-state index >= 15 is 0 Å². The molecule has 2 saturated heterocycles. The van der Waals surface area contributed by atoms with E-state index in [9.17, 15) is 14.4 Å². The zero-order valence-electron chi connectivity index (χ0n) is 25.1. The van der Waals surface area contributed by atoms with Crippen LogP contribution in [0.25, 0.3) is 0 Å². The van der Waals surface area contributed by atoms with E-state index in [1.54, 1.807) is 18.9 Å². The van der Waals surface area contributed by atoms with Gasteiger partial charge in [0.15, 0.2) is 0 Å². The lowest BCUT2D eigenvalue weighted by Gasteiger charge is -2.40. The summed E-state index contributed by atoms with van der Waals surface area (Å²) in [4.78, 5) is 42.8. The minimum Gasteiger partial charge on any atom is -0.444 e. The number of thioether (sulfide) groups is 1. The summed E-state index contributed by atoms with van der Waals surface area (Å²) in [5.74, 6) is 1.56. The van der Waals surface area contributed by atoms with Crippen molar-refractivity contribution in [3.05, 3.63) is 35.9 Å². The molecule has 3 aliphatic rings. The summed E-state index contributed by atoms with van der Waals surface area (Å²) in [7, 11) is 0. The number of nitrogens with zero attached hydrogens (tertiary/aromatic N) is 2. The Morgan fingerprint density at radius 2 is 1.68 bits per heavy atom. The maximum Gasteiger partial charge on any atom is 0.411 e. The first-order chi connectivity index (χ1) is 19.6. The zero-order chi connectivity index (χ0) is 29.4. The number of carbonyl (C=O) groups excluding carboxylic acids is 3. The predicted molar refractivity (Wildman–Crippen MR) is 167 cm³/mol. The monoisotopic (exact) mass is 604 g/mol. The molecule has 1 aromatic rings. The molecule has 0 spiro atoms. The Labute approximate surface area is 254 Å². The molecule has 10 heteroatoms. The second-order valence-electron chi connectivity index (χ2n) is 12.7. The van der Waals surface area contributed by atoms with Crippen LogP contribution in [0.15, 0.2) is 30.3 Å². The molecular weight excluding hydrogens is 556 g/mol. The maximum absolute atomic E-state index is 13.2. The number of benzene rings is 1. The van der Waals surface area contributed by atoms with Gasteiger partial charge in [0.2, 0.25) is 5.91 Å². The van der Waals surface area contributed by atoms with E-state index in [-0.39, 0.29) is 11.8 Å². The van der Waals surface area contributed by atoms with E-state index in [2.05, 4.69) is 45.3 Å².